The first-order chi connectivity index (χ1) is 5.86. The van der Waals surface area contributed by atoms with Crippen molar-refractivity contribution >= 4 is 29.1 Å². The molecule has 12 heavy (non-hydrogen) atoms. The zero-order chi connectivity index (χ0) is 8.39. The Hall–Kier alpha value is -0.340. The molecule has 1 aromatic carbocycles. The molecular weight excluding hydrogens is 190 g/mol. The van der Waals surface area contributed by atoms with E-state index in [0.717, 1.165) is 11.6 Å². The van der Waals surface area contributed by atoms with Gasteiger partial charge in [0, 0.05) is 22.2 Å². The van der Waals surface area contributed by atoms with Crippen LogP contribution in [0.5, 0.6) is 0 Å². The van der Waals surface area contributed by atoms with Crippen LogP contribution in [0.25, 0.3) is 0 Å². The molecule has 0 saturated carbocycles. The number of benzene rings is 1. The molecule has 2 rings (SSSR count). The first-order valence-corrected chi connectivity index (χ1v) is 5.39. The summed E-state index contributed by atoms with van der Waals surface area (Å²) >= 11 is 7.78. The Labute approximate surface area is 81.5 Å². The Morgan fingerprint density at radius 1 is 1.42 bits per heavy atom. The van der Waals surface area contributed by atoms with Gasteiger partial charge in [0.1, 0.15) is 0 Å². The van der Waals surface area contributed by atoms with E-state index in [0.29, 0.717) is 0 Å². The van der Waals surface area contributed by atoms with E-state index < -0.39 is 0 Å². The average Bonchev–Trinajstić information content (AvgIpc) is 2.28. The van der Waals surface area contributed by atoms with Crippen LogP contribution in [-0.2, 0) is 0 Å². The second kappa shape index (κ2) is 3.58. The van der Waals surface area contributed by atoms with Gasteiger partial charge in [-0.15, -0.1) is 11.8 Å². The molecule has 3 heteroatoms. The third-order valence-corrected chi connectivity index (χ3v) is 3.23. The van der Waals surface area contributed by atoms with Crippen LogP contribution in [0.2, 0.25) is 5.02 Å². The van der Waals surface area contributed by atoms with E-state index in [9.17, 15) is 0 Å². The molecule has 1 heterocycles. The second-order valence-corrected chi connectivity index (χ2v) is 4.34. The lowest BCUT2D eigenvalue weighted by Crippen LogP contribution is -1.99. The van der Waals surface area contributed by atoms with Gasteiger partial charge in [0.05, 0.1) is 0 Å². The number of hydrogen-bond acceptors (Lipinski definition) is 2. The first kappa shape index (κ1) is 8.27. The summed E-state index contributed by atoms with van der Waals surface area (Å²) in [4.78, 5) is 1.32. The van der Waals surface area contributed by atoms with E-state index in [4.69, 9.17) is 11.6 Å². The molecular formula is C9H10ClNS. The minimum Gasteiger partial charge on any atom is -0.384 e. The van der Waals surface area contributed by atoms with Crippen LogP contribution in [0.1, 0.15) is 6.42 Å². The molecule has 1 aliphatic heterocycles. The van der Waals surface area contributed by atoms with Gasteiger partial charge in [-0.2, -0.15) is 0 Å². The van der Waals surface area contributed by atoms with E-state index in [1.165, 1.54) is 22.8 Å². The zero-order valence-electron chi connectivity index (χ0n) is 6.64. The first-order valence-electron chi connectivity index (χ1n) is 4.02. The molecule has 0 radical (unpaired) electrons. The topological polar surface area (TPSA) is 12.0 Å². The van der Waals surface area contributed by atoms with Crippen LogP contribution in [0.3, 0.4) is 0 Å². The van der Waals surface area contributed by atoms with Gasteiger partial charge in [0.2, 0.25) is 0 Å². The fraction of sp³-hybridized carbons (Fsp3) is 0.333. The highest BCUT2D eigenvalue weighted by atomic mass is 35.5. The minimum atomic E-state index is 0.809. The van der Waals surface area contributed by atoms with Crippen LogP contribution < -0.4 is 5.32 Å². The van der Waals surface area contributed by atoms with Crippen molar-refractivity contribution in [3.05, 3.63) is 23.2 Å². The maximum Gasteiger partial charge on any atom is 0.0493 e. The van der Waals surface area contributed by atoms with E-state index in [-0.39, 0.29) is 0 Å². The summed E-state index contributed by atoms with van der Waals surface area (Å²) in [5, 5.41) is 4.17. The van der Waals surface area contributed by atoms with Crippen LogP contribution in [0, 0.1) is 0 Å². The summed E-state index contributed by atoms with van der Waals surface area (Å²) in [6, 6.07) is 6.02. The van der Waals surface area contributed by atoms with Gasteiger partial charge in [-0.25, -0.2) is 0 Å². The van der Waals surface area contributed by atoms with E-state index in [1.54, 1.807) is 0 Å². The van der Waals surface area contributed by atoms with Gasteiger partial charge in [-0.05, 0) is 30.4 Å². The van der Waals surface area contributed by atoms with E-state index in [2.05, 4.69) is 11.4 Å². The summed E-state index contributed by atoms with van der Waals surface area (Å²) in [7, 11) is 0. The lowest BCUT2D eigenvalue weighted by atomic mass is 10.3. The molecule has 0 aromatic heterocycles. The maximum absolute atomic E-state index is 5.88. The summed E-state index contributed by atoms with van der Waals surface area (Å²) in [6.07, 6.45) is 1.22. The zero-order valence-corrected chi connectivity index (χ0v) is 8.21. The van der Waals surface area contributed by atoms with E-state index in [1.807, 2.05) is 23.9 Å². The fourth-order valence-electron chi connectivity index (χ4n) is 1.24. The van der Waals surface area contributed by atoms with Crippen LogP contribution in [0.4, 0.5) is 5.69 Å². The lowest BCUT2D eigenvalue weighted by molar-refractivity contribution is 0.999. The number of nitrogens with one attached hydrogen (secondary N) is 1. The number of halogens is 1. The lowest BCUT2D eigenvalue weighted by Gasteiger charge is -2.05. The highest BCUT2D eigenvalue weighted by Gasteiger charge is 2.06. The standard InChI is InChI=1S/C9H10ClNS/c10-7-2-3-9-8(6-7)11-4-1-5-12-9/h2-3,6,11H,1,4-5H2. The quantitative estimate of drug-likeness (QED) is 0.689. The van der Waals surface area contributed by atoms with Crippen molar-refractivity contribution in [2.75, 3.05) is 17.6 Å². The van der Waals surface area contributed by atoms with Gasteiger partial charge in [0.25, 0.3) is 0 Å². The highest BCUT2D eigenvalue weighted by Crippen LogP contribution is 2.32. The summed E-state index contributed by atoms with van der Waals surface area (Å²) in [6.45, 7) is 1.06. The van der Waals surface area contributed by atoms with Crippen molar-refractivity contribution in [1.29, 1.82) is 0 Å². The molecule has 64 valence electrons. The van der Waals surface area contributed by atoms with Gasteiger partial charge < -0.3 is 5.32 Å². The molecule has 0 fully saturated rings. The van der Waals surface area contributed by atoms with Crippen molar-refractivity contribution in [1.82, 2.24) is 0 Å². The van der Waals surface area contributed by atoms with Crippen molar-refractivity contribution in [2.45, 2.75) is 11.3 Å². The summed E-state index contributed by atoms with van der Waals surface area (Å²) in [5.74, 6) is 1.20. The number of rotatable bonds is 0. The Morgan fingerprint density at radius 2 is 2.33 bits per heavy atom. The monoisotopic (exact) mass is 199 g/mol. The molecule has 1 aromatic rings. The van der Waals surface area contributed by atoms with Gasteiger partial charge in [-0.3, -0.25) is 0 Å². The van der Waals surface area contributed by atoms with E-state index >= 15 is 0 Å². The summed E-state index contributed by atoms with van der Waals surface area (Å²) in [5.41, 5.74) is 1.19. The van der Waals surface area contributed by atoms with Gasteiger partial charge in [-0.1, -0.05) is 11.6 Å². The van der Waals surface area contributed by atoms with Crippen LogP contribution in [-0.4, -0.2) is 12.3 Å². The molecule has 1 N–H and O–H groups in total. The smallest absolute Gasteiger partial charge is 0.0493 e. The Morgan fingerprint density at radius 3 is 3.25 bits per heavy atom. The molecule has 0 atom stereocenters. The molecule has 0 saturated heterocycles. The average molecular weight is 200 g/mol. The molecule has 1 aliphatic rings. The molecule has 0 amide bonds. The van der Waals surface area contributed by atoms with Crippen LogP contribution in [0.15, 0.2) is 23.1 Å². The summed E-state index contributed by atoms with van der Waals surface area (Å²) < 4.78 is 0. The molecule has 0 bridgehead atoms. The molecule has 0 unspecified atom stereocenters. The van der Waals surface area contributed by atoms with Crippen molar-refractivity contribution in [3.8, 4) is 0 Å². The van der Waals surface area contributed by atoms with Crippen molar-refractivity contribution in [2.24, 2.45) is 0 Å². The number of hydrogen-bond donors (Lipinski definition) is 1. The normalized spacial score (nSPS) is 16.1. The maximum atomic E-state index is 5.88. The Kier molecular flexibility index (Phi) is 2.47. The predicted octanol–water partition coefficient (Wildman–Crippen LogP) is 3.25. The largest absolute Gasteiger partial charge is 0.384 e. The molecule has 0 spiro atoms. The van der Waals surface area contributed by atoms with Crippen LogP contribution >= 0.6 is 23.4 Å². The third-order valence-electron chi connectivity index (χ3n) is 1.84. The SMILES string of the molecule is Clc1ccc2c(c1)NCCCS2. The van der Waals surface area contributed by atoms with Gasteiger partial charge >= 0.3 is 0 Å². The van der Waals surface area contributed by atoms with Crippen molar-refractivity contribution < 1.29 is 0 Å². The second-order valence-electron chi connectivity index (χ2n) is 2.77. The predicted molar refractivity (Wildman–Crippen MR) is 55.3 cm³/mol. The van der Waals surface area contributed by atoms with Gasteiger partial charge in [0.15, 0.2) is 0 Å². The number of anilines is 1. The van der Waals surface area contributed by atoms with Crippen molar-refractivity contribution in [3.63, 3.8) is 0 Å². The fourth-order valence-corrected chi connectivity index (χ4v) is 2.38. The minimum absolute atomic E-state index is 0.809. The highest BCUT2D eigenvalue weighted by molar-refractivity contribution is 7.99. The molecule has 0 aliphatic carbocycles. The third kappa shape index (κ3) is 1.70. The number of thioether (sulfide) groups is 1. The Balaban J connectivity index is 2.36. The number of fused-ring (bicyclic) bond motifs is 1. The Bertz CT molecular complexity index is 288. The molecule has 1 nitrogen and oxygen atoms in total.